The van der Waals surface area contributed by atoms with Crippen LogP contribution < -0.4 is 5.32 Å². The van der Waals surface area contributed by atoms with E-state index in [4.69, 9.17) is 0 Å². The summed E-state index contributed by atoms with van der Waals surface area (Å²) in [5.74, 6) is 0.282. The Morgan fingerprint density at radius 3 is 2.33 bits per heavy atom. The molecule has 21 heavy (non-hydrogen) atoms. The van der Waals surface area contributed by atoms with Gasteiger partial charge in [0.25, 0.3) is 0 Å². The maximum absolute atomic E-state index is 9.88. The third-order valence-corrected chi connectivity index (χ3v) is 3.71. The number of nitrogens with one attached hydrogen (secondary N) is 1. The van der Waals surface area contributed by atoms with Gasteiger partial charge < -0.3 is 15.5 Å². The standard InChI is InChI=1S/C18H23NO2/c1-13-7-9-15(10-8-13)11-16(12-20)19-14(2)17-5-3-4-6-18(17)21/h3-10,14,16,19-21H,11-12H2,1-2H3. The number of hydrogen-bond donors (Lipinski definition) is 3. The van der Waals surface area contributed by atoms with Gasteiger partial charge >= 0.3 is 0 Å². The molecule has 0 aliphatic rings. The first kappa shape index (κ1) is 15.5. The molecule has 0 bridgehead atoms. The molecule has 2 rings (SSSR count). The average molecular weight is 285 g/mol. The van der Waals surface area contributed by atoms with Crippen LogP contribution in [0.2, 0.25) is 0 Å². The predicted molar refractivity (Wildman–Crippen MR) is 85.4 cm³/mol. The van der Waals surface area contributed by atoms with Gasteiger partial charge in [-0.3, -0.25) is 0 Å². The first-order valence-corrected chi connectivity index (χ1v) is 7.30. The third kappa shape index (κ3) is 4.31. The average Bonchev–Trinajstić information content (AvgIpc) is 2.49. The summed E-state index contributed by atoms with van der Waals surface area (Å²) in [7, 11) is 0. The molecule has 112 valence electrons. The van der Waals surface area contributed by atoms with E-state index in [2.05, 4.69) is 36.5 Å². The van der Waals surface area contributed by atoms with Crippen molar-refractivity contribution in [3.05, 3.63) is 65.2 Å². The zero-order valence-corrected chi connectivity index (χ0v) is 12.6. The first-order chi connectivity index (χ1) is 10.1. The van der Waals surface area contributed by atoms with Crippen LogP contribution >= 0.6 is 0 Å². The number of aliphatic hydroxyl groups excluding tert-OH is 1. The van der Waals surface area contributed by atoms with Gasteiger partial charge in [-0.2, -0.15) is 0 Å². The second-order valence-corrected chi connectivity index (χ2v) is 5.52. The molecule has 3 N–H and O–H groups in total. The minimum Gasteiger partial charge on any atom is -0.508 e. The molecule has 0 aliphatic heterocycles. The predicted octanol–water partition coefficient (Wildman–Crippen LogP) is 2.95. The number of aryl methyl sites for hydroxylation is 1. The molecule has 0 amide bonds. The quantitative estimate of drug-likeness (QED) is 0.765. The van der Waals surface area contributed by atoms with Crippen molar-refractivity contribution in [2.75, 3.05) is 6.61 Å². The molecule has 3 nitrogen and oxygen atoms in total. The Kier molecular flexibility index (Phi) is 5.37. The second kappa shape index (κ2) is 7.25. The smallest absolute Gasteiger partial charge is 0.120 e. The molecule has 0 saturated carbocycles. The number of phenolic OH excluding ortho intramolecular Hbond substituents is 1. The minimum atomic E-state index is -0.0395. The largest absolute Gasteiger partial charge is 0.508 e. The Morgan fingerprint density at radius 1 is 1.05 bits per heavy atom. The summed E-state index contributed by atoms with van der Waals surface area (Å²) in [6, 6.07) is 15.6. The van der Waals surface area contributed by atoms with Crippen LogP contribution in [0, 0.1) is 6.92 Å². The van der Waals surface area contributed by atoms with Crippen LogP contribution in [-0.4, -0.2) is 22.9 Å². The van der Waals surface area contributed by atoms with Crippen LogP contribution in [0.1, 0.15) is 29.7 Å². The van der Waals surface area contributed by atoms with E-state index in [-0.39, 0.29) is 24.4 Å². The fraction of sp³-hybridized carbons (Fsp3) is 0.333. The van der Waals surface area contributed by atoms with Crippen molar-refractivity contribution in [1.29, 1.82) is 0 Å². The molecule has 0 heterocycles. The molecule has 0 aliphatic carbocycles. The van der Waals surface area contributed by atoms with Crippen molar-refractivity contribution in [2.45, 2.75) is 32.4 Å². The fourth-order valence-corrected chi connectivity index (χ4v) is 2.48. The van der Waals surface area contributed by atoms with Gasteiger partial charge in [-0.1, -0.05) is 48.0 Å². The summed E-state index contributed by atoms with van der Waals surface area (Å²) in [5, 5.41) is 22.8. The van der Waals surface area contributed by atoms with Crippen molar-refractivity contribution in [1.82, 2.24) is 5.32 Å². The molecular weight excluding hydrogens is 262 g/mol. The van der Waals surface area contributed by atoms with Gasteiger partial charge in [-0.25, -0.2) is 0 Å². The lowest BCUT2D eigenvalue weighted by Crippen LogP contribution is -2.36. The summed E-state index contributed by atoms with van der Waals surface area (Å²) in [6.07, 6.45) is 0.759. The maximum atomic E-state index is 9.88. The zero-order valence-electron chi connectivity index (χ0n) is 12.6. The highest BCUT2D eigenvalue weighted by molar-refractivity contribution is 5.34. The normalized spacial score (nSPS) is 13.9. The highest BCUT2D eigenvalue weighted by atomic mass is 16.3. The number of para-hydroxylation sites is 1. The number of hydrogen-bond acceptors (Lipinski definition) is 3. The lowest BCUT2D eigenvalue weighted by Gasteiger charge is -2.22. The van der Waals surface area contributed by atoms with E-state index in [1.165, 1.54) is 11.1 Å². The Labute approximate surface area is 126 Å². The SMILES string of the molecule is Cc1ccc(CC(CO)NC(C)c2ccccc2O)cc1. The van der Waals surface area contributed by atoms with Gasteiger partial charge in [-0.05, 0) is 31.9 Å². The van der Waals surface area contributed by atoms with E-state index in [9.17, 15) is 10.2 Å². The molecule has 0 radical (unpaired) electrons. The molecule has 0 spiro atoms. The Morgan fingerprint density at radius 2 is 1.71 bits per heavy atom. The summed E-state index contributed by atoms with van der Waals surface area (Å²) in [4.78, 5) is 0. The molecule has 3 heteroatoms. The van der Waals surface area contributed by atoms with Crippen LogP contribution in [0.4, 0.5) is 0 Å². The maximum Gasteiger partial charge on any atom is 0.120 e. The van der Waals surface area contributed by atoms with Crippen LogP contribution in [0.3, 0.4) is 0 Å². The second-order valence-electron chi connectivity index (χ2n) is 5.52. The topological polar surface area (TPSA) is 52.5 Å². The van der Waals surface area contributed by atoms with Crippen molar-refractivity contribution in [3.63, 3.8) is 0 Å². The molecule has 0 fully saturated rings. The van der Waals surface area contributed by atoms with Crippen LogP contribution in [0.5, 0.6) is 5.75 Å². The summed E-state index contributed by atoms with van der Waals surface area (Å²) in [5.41, 5.74) is 3.27. The van der Waals surface area contributed by atoms with E-state index in [0.29, 0.717) is 0 Å². The van der Waals surface area contributed by atoms with Gasteiger partial charge in [0, 0.05) is 17.6 Å². The van der Waals surface area contributed by atoms with Gasteiger partial charge in [-0.15, -0.1) is 0 Å². The molecular formula is C18H23NO2. The van der Waals surface area contributed by atoms with E-state index in [0.717, 1.165) is 12.0 Å². The van der Waals surface area contributed by atoms with Gasteiger partial charge in [0.15, 0.2) is 0 Å². The lowest BCUT2D eigenvalue weighted by molar-refractivity contribution is 0.232. The summed E-state index contributed by atoms with van der Waals surface area (Å²) in [6.45, 7) is 4.12. The van der Waals surface area contributed by atoms with Crippen LogP contribution in [0.25, 0.3) is 0 Å². The lowest BCUT2D eigenvalue weighted by atomic mass is 10.0. The summed E-state index contributed by atoms with van der Waals surface area (Å²) < 4.78 is 0. The highest BCUT2D eigenvalue weighted by Gasteiger charge is 2.15. The summed E-state index contributed by atoms with van der Waals surface area (Å²) >= 11 is 0. The number of phenols is 1. The van der Waals surface area contributed by atoms with Crippen molar-refractivity contribution in [2.24, 2.45) is 0 Å². The first-order valence-electron chi connectivity index (χ1n) is 7.30. The van der Waals surface area contributed by atoms with Gasteiger partial charge in [0.1, 0.15) is 5.75 Å². The molecule has 2 aromatic carbocycles. The van der Waals surface area contributed by atoms with Gasteiger partial charge in [0.2, 0.25) is 0 Å². The van der Waals surface area contributed by atoms with E-state index >= 15 is 0 Å². The molecule has 2 aromatic rings. The number of benzene rings is 2. The molecule has 0 aromatic heterocycles. The number of aromatic hydroxyl groups is 1. The third-order valence-electron chi connectivity index (χ3n) is 3.71. The van der Waals surface area contributed by atoms with Crippen LogP contribution in [0.15, 0.2) is 48.5 Å². The molecule has 2 unspecified atom stereocenters. The Balaban J connectivity index is 2.02. The molecule has 2 atom stereocenters. The highest BCUT2D eigenvalue weighted by Crippen LogP contribution is 2.23. The van der Waals surface area contributed by atoms with E-state index in [1.54, 1.807) is 12.1 Å². The van der Waals surface area contributed by atoms with Crippen molar-refractivity contribution >= 4 is 0 Å². The van der Waals surface area contributed by atoms with Gasteiger partial charge in [0.05, 0.1) is 6.61 Å². The van der Waals surface area contributed by atoms with E-state index < -0.39 is 0 Å². The van der Waals surface area contributed by atoms with Crippen LogP contribution in [-0.2, 0) is 6.42 Å². The Bertz CT molecular complexity index is 566. The Hall–Kier alpha value is -1.84. The molecule has 0 saturated heterocycles. The monoisotopic (exact) mass is 285 g/mol. The van der Waals surface area contributed by atoms with Crippen molar-refractivity contribution < 1.29 is 10.2 Å². The number of rotatable bonds is 6. The number of aliphatic hydroxyl groups is 1. The zero-order chi connectivity index (χ0) is 15.2. The minimum absolute atomic E-state index is 0.0196. The fourth-order valence-electron chi connectivity index (χ4n) is 2.48. The van der Waals surface area contributed by atoms with E-state index in [1.807, 2.05) is 19.1 Å². The van der Waals surface area contributed by atoms with Crippen molar-refractivity contribution in [3.8, 4) is 5.75 Å².